The van der Waals surface area contributed by atoms with E-state index in [0.717, 1.165) is 5.69 Å². The molecule has 0 saturated heterocycles. The van der Waals surface area contributed by atoms with E-state index in [4.69, 9.17) is 0 Å². The summed E-state index contributed by atoms with van der Waals surface area (Å²) in [6.07, 6.45) is 3.20. The standard InChI is InChI=1S/C9H10N2O2/c1-13-9(12)7-10-6-8-4-2-3-5-11-8/h2-6H,7H2,1H3. The molecule has 68 valence electrons. The molecular weight excluding hydrogens is 168 g/mol. The van der Waals surface area contributed by atoms with E-state index in [2.05, 4.69) is 14.7 Å². The molecule has 1 rings (SSSR count). The predicted octanol–water partition coefficient (Wildman–Crippen LogP) is 0.673. The van der Waals surface area contributed by atoms with Crippen molar-refractivity contribution < 1.29 is 9.53 Å². The monoisotopic (exact) mass is 178 g/mol. The van der Waals surface area contributed by atoms with Crippen molar-refractivity contribution >= 4 is 12.2 Å². The molecule has 0 aliphatic carbocycles. The van der Waals surface area contributed by atoms with Gasteiger partial charge in [0, 0.05) is 12.4 Å². The fourth-order valence-corrected chi connectivity index (χ4v) is 0.731. The first-order valence-corrected chi connectivity index (χ1v) is 3.80. The number of rotatable bonds is 3. The largest absolute Gasteiger partial charge is 0.468 e. The molecule has 0 unspecified atom stereocenters. The average molecular weight is 178 g/mol. The van der Waals surface area contributed by atoms with Gasteiger partial charge in [-0.15, -0.1) is 0 Å². The number of hydrogen-bond donors (Lipinski definition) is 0. The second-order valence-electron chi connectivity index (χ2n) is 2.30. The molecule has 0 aliphatic heterocycles. The molecule has 1 aromatic heterocycles. The Balaban J connectivity index is 2.45. The zero-order valence-corrected chi connectivity index (χ0v) is 7.30. The Hall–Kier alpha value is -1.71. The van der Waals surface area contributed by atoms with Gasteiger partial charge in [0.25, 0.3) is 0 Å². The number of nitrogens with zero attached hydrogens (tertiary/aromatic N) is 2. The predicted molar refractivity (Wildman–Crippen MR) is 48.7 cm³/mol. The van der Waals surface area contributed by atoms with Crippen LogP contribution in [0.5, 0.6) is 0 Å². The van der Waals surface area contributed by atoms with Gasteiger partial charge in [-0.3, -0.25) is 14.8 Å². The minimum atomic E-state index is -0.354. The summed E-state index contributed by atoms with van der Waals surface area (Å²) in [5.41, 5.74) is 0.728. The zero-order valence-electron chi connectivity index (χ0n) is 7.30. The second kappa shape index (κ2) is 5.03. The molecule has 0 amide bonds. The molecule has 0 N–H and O–H groups in total. The molecular formula is C9H10N2O2. The zero-order chi connectivity index (χ0) is 9.52. The maximum atomic E-state index is 10.6. The summed E-state index contributed by atoms with van der Waals surface area (Å²) in [5.74, 6) is -0.354. The van der Waals surface area contributed by atoms with Crippen LogP contribution in [0, 0.1) is 0 Å². The minimum Gasteiger partial charge on any atom is -0.468 e. The lowest BCUT2D eigenvalue weighted by atomic mass is 10.4. The lowest BCUT2D eigenvalue weighted by Crippen LogP contribution is -2.04. The van der Waals surface area contributed by atoms with Gasteiger partial charge in [-0.1, -0.05) is 6.07 Å². The van der Waals surface area contributed by atoms with Crippen molar-refractivity contribution in [2.45, 2.75) is 0 Å². The molecule has 1 aromatic rings. The lowest BCUT2D eigenvalue weighted by Gasteiger charge is -1.92. The molecule has 1 heterocycles. The van der Waals surface area contributed by atoms with Crippen LogP contribution in [0.1, 0.15) is 5.69 Å². The van der Waals surface area contributed by atoms with E-state index >= 15 is 0 Å². The van der Waals surface area contributed by atoms with E-state index in [1.807, 2.05) is 12.1 Å². The highest BCUT2D eigenvalue weighted by molar-refractivity contribution is 5.80. The number of ether oxygens (including phenoxy) is 1. The number of aromatic nitrogens is 1. The van der Waals surface area contributed by atoms with Crippen LogP contribution in [0.3, 0.4) is 0 Å². The van der Waals surface area contributed by atoms with Gasteiger partial charge in [0.2, 0.25) is 0 Å². The number of hydrogen-bond acceptors (Lipinski definition) is 4. The normalized spacial score (nSPS) is 10.2. The van der Waals surface area contributed by atoms with Crippen molar-refractivity contribution in [3.05, 3.63) is 30.1 Å². The average Bonchev–Trinajstić information content (AvgIpc) is 2.19. The molecule has 0 aliphatic rings. The van der Waals surface area contributed by atoms with Crippen molar-refractivity contribution in [1.29, 1.82) is 0 Å². The van der Waals surface area contributed by atoms with Gasteiger partial charge < -0.3 is 4.74 Å². The molecule has 0 atom stereocenters. The summed E-state index contributed by atoms with van der Waals surface area (Å²) < 4.78 is 4.42. The molecule has 0 fully saturated rings. The molecule has 0 spiro atoms. The third-order valence-corrected chi connectivity index (χ3v) is 1.36. The second-order valence-corrected chi connectivity index (χ2v) is 2.30. The molecule has 0 radical (unpaired) electrons. The quantitative estimate of drug-likeness (QED) is 0.505. The summed E-state index contributed by atoms with van der Waals surface area (Å²) in [6.45, 7) is 0.0348. The number of aliphatic imine (C=N–C) groups is 1. The lowest BCUT2D eigenvalue weighted by molar-refractivity contribution is -0.138. The fourth-order valence-electron chi connectivity index (χ4n) is 0.731. The highest BCUT2D eigenvalue weighted by Crippen LogP contribution is 1.88. The van der Waals surface area contributed by atoms with Crippen LogP contribution in [0.4, 0.5) is 0 Å². The summed E-state index contributed by atoms with van der Waals surface area (Å²) in [7, 11) is 1.33. The Morgan fingerprint density at radius 2 is 2.54 bits per heavy atom. The summed E-state index contributed by atoms with van der Waals surface area (Å²) in [6, 6.07) is 5.48. The number of pyridine rings is 1. The molecule has 0 bridgehead atoms. The van der Waals surface area contributed by atoms with E-state index in [-0.39, 0.29) is 12.5 Å². The van der Waals surface area contributed by atoms with Gasteiger partial charge >= 0.3 is 5.97 Å². The van der Waals surface area contributed by atoms with Crippen LogP contribution in [0.25, 0.3) is 0 Å². The number of carbonyl (C=O) groups excluding carboxylic acids is 1. The van der Waals surface area contributed by atoms with Gasteiger partial charge in [-0.25, -0.2) is 0 Å². The van der Waals surface area contributed by atoms with Crippen molar-refractivity contribution in [2.75, 3.05) is 13.7 Å². The molecule has 0 saturated carbocycles. The Kier molecular flexibility index (Phi) is 3.63. The van der Waals surface area contributed by atoms with Gasteiger partial charge in [0.05, 0.1) is 12.8 Å². The van der Waals surface area contributed by atoms with Crippen molar-refractivity contribution in [1.82, 2.24) is 4.98 Å². The highest BCUT2D eigenvalue weighted by Gasteiger charge is 1.94. The molecule has 4 heteroatoms. The van der Waals surface area contributed by atoms with Crippen LogP contribution in [-0.4, -0.2) is 30.8 Å². The fraction of sp³-hybridized carbons (Fsp3) is 0.222. The third kappa shape index (κ3) is 3.46. The van der Waals surface area contributed by atoms with E-state index in [0.29, 0.717) is 0 Å². The van der Waals surface area contributed by atoms with Crippen molar-refractivity contribution in [2.24, 2.45) is 4.99 Å². The summed E-state index contributed by atoms with van der Waals surface area (Å²) in [5, 5.41) is 0. The topological polar surface area (TPSA) is 51.5 Å². The molecule has 4 nitrogen and oxygen atoms in total. The first-order valence-electron chi connectivity index (χ1n) is 3.80. The Bertz CT molecular complexity index is 296. The van der Waals surface area contributed by atoms with Crippen LogP contribution < -0.4 is 0 Å². The first kappa shape index (κ1) is 9.38. The first-order chi connectivity index (χ1) is 6.33. The summed E-state index contributed by atoms with van der Waals surface area (Å²) >= 11 is 0. The van der Waals surface area contributed by atoms with E-state index < -0.39 is 0 Å². The highest BCUT2D eigenvalue weighted by atomic mass is 16.5. The third-order valence-electron chi connectivity index (χ3n) is 1.36. The van der Waals surface area contributed by atoms with Crippen LogP contribution >= 0.6 is 0 Å². The number of esters is 1. The van der Waals surface area contributed by atoms with Gasteiger partial charge in [0.1, 0.15) is 6.54 Å². The van der Waals surface area contributed by atoms with Gasteiger partial charge in [0.15, 0.2) is 0 Å². The van der Waals surface area contributed by atoms with Crippen LogP contribution in [-0.2, 0) is 9.53 Å². The maximum Gasteiger partial charge on any atom is 0.327 e. The van der Waals surface area contributed by atoms with Crippen LogP contribution in [0.2, 0.25) is 0 Å². The molecule has 0 aromatic carbocycles. The number of carbonyl (C=O) groups is 1. The van der Waals surface area contributed by atoms with Gasteiger partial charge in [-0.2, -0.15) is 0 Å². The Morgan fingerprint density at radius 1 is 1.69 bits per heavy atom. The molecule has 13 heavy (non-hydrogen) atoms. The van der Waals surface area contributed by atoms with E-state index in [1.165, 1.54) is 13.3 Å². The Morgan fingerprint density at radius 3 is 3.15 bits per heavy atom. The summed E-state index contributed by atoms with van der Waals surface area (Å²) in [4.78, 5) is 18.5. The van der Waals surface area contributed by atoms with Crippen molar-refractivity contribution in [3.63, 3.8) is 0 Å². The van der Waals surface area contributed by atoms with Crippen LogP contribution in [0.15, 0.2) is 29.4 Å². The van der Waals surface area contributed by atoms with Gasteiger partial charge in [-0.05, 0) is 12.1 Å². The smallest absolute Gasteiger partial charge is 0.327 e. The Labute approximate surface area is 76.3 Å². The minimum absolute atomic E-state index is 0.0348. The van der Waals surface area contributed by atoms with E-state index in [9.17, 15) is 4.79 Å². The van der Waals surface area contributed by atoms with Crippen molar-refractivity contribution in [3.8, 4) is 0 Å². The van der Waals surface area contributed by atoms with E-state index in [1.54, 1.807) is 12.3 Å². The number of methoxy groups -OCH3 is 1. The SMILES string of the molecule is COC(=O)CN=Cc1ccccn1. The maximum absolute atomic E-state index is 10.6.